The van der Waals surface area contributed by atoms with Crippen molar-refractivity contribution in [2.75, 3.05) is 4.43 Å². The van der Waals surface area contributed by atoms with Crippen LogP contribution >= 0.6 is 22.6 Å². The van der Waals surface area contributed by atoms with Gasteiger partial charge < -0.3 is 4.57 Å². The second-order valence-corrected chi connectivity index (χ2v) is 3.99. The average molecular weight is 299 g/mol. The van der Waals surface area contributed by atoms with Gasteiger partial charge in [-0.1, -0.05) is 40.8 Å². The van der Waals surface area contributed by atoms with E-state index in [0.717, 1.165) is 16.5 Å². The summed E-state index contributed by atoms with van der Waals surface area (Å²) in [6.07, 6.45) is 1.91. The fourth-order valence-corrected chi connectivity index (χ4v) is 2.05. The minimum absolute atomic E-state index is 0.197. The number of benzene rings is 1. The van der Waals surface area contributed by atoms with Crippen molar-refractivity contribution in [2.45, 2.75) is 0 Å². The molecule has 0 spiro atoms. The van der Waals surface area contributed by atoms with Crippen LogP contribution in [0.5, 0.6) is 0 Å². The van der Waals surface area contributed by atoms with Gasteiger partial charge in [0, 0.05) is 29.7 Å². The predicted octanol–water partition coefficient (Wildman–Crippen LogP) is 2.80. The van der Waals surface area contributed by atoms with Gasteiger partial charge in [-0.2, -0.15) is 0 Å². The van der Waals surface area contributed by atoms with Crippen molar-refractivity contribution < 1.29 is 4.79 Å². The van der Waals surface area contributed by atoms with E-state index in [9.17, 15) is 4.79 Å². The molecule has 3 heteroatoms. The standard InChI is InChI=1S/C11H10INO/c1-13-7-9(11(14)6-12)8-4-2-3-5-10(8)13/h2-5,7H,6H2,1H3. The van der Waals surface area contributed by atoms with Crippen molar-refractivity contribution in [1.29, 1.82) is 0 Å². The fourth-order valence-electron chi connectivity index (χ4n) is 1.64. The first kappa shape index (κ1) is 9.71. The molecule has 0 aliphatic rings. The summed E-state index contributed by atoms with van der Waals surface area (Å²) in [5.74, 6) is 0.197. The number of hydrogen-bond acceptors (Lipinski definition) is 1. The molecule has 14 heavy (non-hydrogen) atoms. The first-order valence-corrected chi connectivity index (χ1v) is 5.90. The summed E-state index contributed by atoms with van der Waals surface area (Å²) >= 11 is 2.10. The third-order valence-corrected chi connectivity index (χ3v) is 3.01. The number of hydrogen-bond donors (Lipinski definition) is 0. The molecule has 0 bridgehead atoms. The lowest BCUT2D eigenvalue weighted by atomic mass is 10.1. The van der Waals surface area contributed by atoms with Gasteiger partial charge in [-0.15, -0.1) is 0 Å². The van der Waals surface area contributed by atoms with Crippen molar-refractivity contribution in [3.05, 3.63) is 36.0 Å². The Bertz CT molecular complexity index is 487. The number of aromatic nitrogens is 1. The molecule has 0 aliphatic heterocycles. The largest absolute Gasteiger partial charge is 0.350 e. The van der Waals surface area contributed by atoms with Crippen LogP contribution in [0.3, 0.4) is 0 Å². The number of nitrogens with zero attached hydrogens (tertiary/aromatic N) is 1. The molecule has 1 aromatic heterocycles. The molecule has 2 nitrogen and oxygen atoms in total. The van der Waals surface area contributed by atoms with E-state index in [1.807, 2.05) is 42.1 Å². The Labute approximate surface area is 96.1 Å². The zero-order chi connectivity index (χ0) is 10.1. The number of carbonyl (C=O) groups is 1. The van der Waals surface area contributed by atoms with Crippen LogP contribution in [0.2, 0.25) is 0 Å². The molecule has 0 saturated carbocycles. The highest BCUT2D eigenvalue weighted by Crippen LogP contribution is 2.20. The zero-order valence-electron chi connectivity index (χ0n) is 7.83. The zero-order valence-corrected chi connectivity index (χ0v) is 9.98. The summed E-state index contributed by atoms with van der Waals surface area (Å²) in [7, 11) is 1.96. The van der Waals surface area contributed by atoms with Crippen LogP contribution in [0.25, 0.3) is 10.9 Å². The van der Waals surface area contributed by atoms with Crippen LogP contribution in [0.4, 0.5) is 0 Å². The van der Waals surface area contributed by atoms with E-state index in [4.69, 9.17) is 0 Å². The first-order valence-electron chi connectivity index (χ1n) is 4.37. The summed E-state index contributed by atoms with van der Waals surface area (Å²) < 4.78 is 2.53. The van der Waals surface area contributed by atoms with E-state index < -0.39 is 0 Å². The molecule has 0 atom stereocenters. The molecule has 0 N–H and O–H groups in total. The molecule has 1 aromatic carbocycles. The second kappa shape index (κ2) is 3.73. The van der Waals surface area contributed by atoms with Gasteiger partial charge in [0.25, 0.3) is 0 Å². The molecule has 0 amide bonds. The summed E-state index contributed by atoms with van der Waals surface area (Å²) in [5, 5.41) is 1.05. The van der Waals surface area contributed by atoms with E-state index in [1.165, 1.54) is 0 Å². The Kier molecular flexibility index (Phi) is 2.58. The van der Waals surface area contributed by atoms with Crippen molar-refractivity contribution in [2.24, 2.45) is 7.05 Å². The summed E-state index contributed by atoms with van der Waals surface area (Å²) in [5.41, 5.74) is 1.94. The molecule has 1 heterocycles. The fraction of sp³-hybridized carbons (Fsp3) is 0.182. The van der Waals surface area contributed by atoms with Gasteiger partial charge in [-0.3, -0.25) is 4.79 Å². The van der Waals surface area contributed by atoms with Crippen molar-refractivity contribution in [3.63, 3.8) is 0 Å². The lowest BCUT2D eigenvalue weighted by Gasteiger charge is -1.93. The highest BCUT2D eigenvalue weighted by atomic mass is 127. The number of carbonyl (C=O) groups excluding carboxylic acids is 1. The highest BCUT2D eigenvalue weighted by Gasteiger charge is 2.11. The number of ketones is 1. The minimum Gasteiger partial charge on any atom is -0.350 e. The van der Waals surface area contributed by atoms with E-state index in [2.05, 4.69) is 22.6 Å². The van der Waals surface area contributed by atoms with Crippen LogP contribution in [-0.4, -0.2) is 14.8 Å². The number of para-hydroxylation sites is 1. The van der Waals surface area contributed by atoms with Crippen LogP contribution in [0, 0.1) is 0 Å². The Morgan fingerprint density at radius 3 is 2.86 bits per heavy atom. The van der Waals surface area contributed by atoms with Crippen molar-refractivity contribution in [3.8, 4) is 0 Å². The highest BCUT2D eigenvalue weighted by molar-refractivity contribution is 14.1. The second-order valence-electron chi connectivity index (χ2n) is 3.23. The van der Waals surface area contributed by atoms with Crippen molar-refractivity contribution in [1.82, 2.24) is 4.57 Å². The van der Waals surface area contributed by atoms with Gasteiger partial charge in [0.05, 0.1) is 4.43 Å². The SMILES string of the molecule is Cn1cc(C(=O)CI)c2ccccc21. The van der Waals surface area contributed by atoms with Crippen LogP contribution in [0.15, 0.2) is 30.5 Å². The van der Waals surface area contributed by atoms with E-state index in [-0.39, 0.29) is 5.78 Å². The topological polar surface area (TPSA) is 22.0 Å². The van der Waals surface area contributed by atoms with Gasteiger partial charge >= 0.3 is 0 Å². The predicted molar refractivity (Wildman–Crippen MR) is 66.1 cm³/mol. The molecule has 0 saturated heterocycles. The van der Waals surface area contributed by atoms with Crippen LogP contribution < -0.4 is 0 Å². The van der Waals surface area contributed by atoms with Gasteiger partial charge in [0.15, 0.2) is 5.78 Å². The van der Waals surface area contributed by atoms with Crippen LogP contribution in [0.1, 0.15) is 10.4 Å². The summed E-state index contributed by atoms with van der Waals surface area (Å²) in [6, 6.07) is 7.97. The summed E-state index contributed by atoms with van der Waals surface area (Å²) in [6.45, 7) is 0. The first-order chi connectivity index (χ1) is 6.74. The Morgan fingerprint density at radius 1 is 1.43 bits per heavy atom. The molecule has 0 aliphatic carbocycles. The molecule has 0 radical (unpaired) electrons. The Hall–Kier alpha value is -0.840. The van der Waals surface area contributed by atoms with E-state index in [0.29, 0.717) is 4.43 Å². The van der Waals surface area contributed by atoms with E-state index >= 15 is 0 Å². The number of Topliss-reactive ketones (excluding diaryl/α,β-unsaturated/α-hetero) is 1. The van der Waals surface area contributed by atoms with Crippen molar-refractivity contribution >= 4 is 39.3 Å². The maximum atomic E-state index is 11.6. The normalized spacial score (nSPS) is 10.7. The monoisotopic (exact) mass is 299 g/mol. The summed E-state index contributed by atoms with van der Waals surface area (Å²) in [4.78, 5) is 11.6. The number of halogens is 1. The molecule has 72 valence electrons. The number of rotatable bonds is 2. The van der Waals surface area contributed by atoms with Gasteiger partial charge in [0.2, 0.25) is 0 Å². The third-order valence-electron chi connectivity index (χ3n) is 2.32. The molecular weight excluding hydrogens is 289 g/mol. The Balaban J connectivity index is 2.72. The smallest absolute Gasteiger partial charge is 0.174 e. The average Bonchev–Trinajstić information content (AvgIpc) is 2.56. The Morgan fingerprint density at radius 2 is 2.14 bits per heavy atom. The molecule has 0 fully saturated rings. The quantitative estimate of drug-likeness (QED) is 0.475. The van der Waals surface area contributed by atoms with Gasteiger partial charge in [-0.05, 0) is 6.07 Å². The van der Waals surface area contributed by atoms with Crippen LogP contribution in [-0.2, 0) is 7.05 Å². The third kappa shape index (κ3) is 1.45. The lowest BCUT2D eigenvalue weighted by molar-refractivity contribution is 0.102. The molecule has 2 aromatic rings. The number of alkyl halides is 1. The maximum Gasteiger partial charge on any atom is 0.174 e. The lowest BCUT2D eigenvalue weighted by Crippen LogP contribution is -1.98. The van der Waals surface area contributed by atoms with E-state index in [1.54, 1.807) is 0 Å². The molecule has 0 unspecified atom stereocenters. The number of fused-ring (bicyclic) bond motifs is 1. The minimum atomic E-state index is 0.197. The maximum absolute atomic E-state index is 11.6. The van der Waals surface area contributed by atoms with Gasteiger partial charge in [-0.25, -0.2) is 0 Å². The molecule has 2 rings (SSSR count). The number of aryl methyl sites for hydroxylation is 1. The molecular formula is C11H10INO. The van der Waals surface area contributed by atoms with Gasteiger partial charge in [0.1, 0.15) is 0 Å².